The normalized spacial score (nSPS) is 14.9. The van der Waals surface area contributed by atoms with E-state index in [-0.39, 0.29) is 36.6 Å². The van der Waals surface area contributed by atoms with Gasteiger partial charge in [-0.25, -0.2) is 9.18 Å². The zero-order valence-corrected chi connectivity index (χ0v) is 21.7. The lowest BCUT2D eigenvalue weighted by Gasteiger charge is -2.26. The van der Waals surface area contributed by atoms with E-state index in [1.54, 1.807) is 17.9 Å². The highest BCUT2D eigenvalue weighted by atomic mass is 19.1. The van der Waals surface area contributed by atoms with E-state index in [1.807, 2.05) is 55.5 Å². The molecule has 38 heavy (non-hydrogen) atoms. The van der Waals surface area contributed by atoms with Crippen LogP contribution in [0.1, 0.15) is 43.4 Å². The van der Waals surface area contributed by atoms with Gasteiger partial charge in [0.05, 0.1) is 6.54 Å². The van der Waals surface area contributed by atoms with Gasteiger partial charge in [0.25, 0.3) is 0 Å². The number of amides is 4. The van der Waals surface area contributed by atoms with Gasteiger partial charge in [0.1, 0.15) is 11.9 Å². The lowest BCUT2D eigenvalue weighted by Crippen LogP contribution is -2.47. The number of halogens is 1. The first-order valence-electron chi connectivity index (χ1n) is 13.0. The lowest BCUT2D eigenvalue weighted by atomic mass is 9.98. The summed E-state index contributed by atoms with van der Waals surface area (Å²) in [4.78, 5) is 39.1. The van der Waals surface area contributed by atoms with Gasteiger partial charge < -0.3 is 20.9 Å². The Hall–Kier alpha value is -4.20. The maximum Gasteiger partial charge on any atom is 0.315 e. The van der Waals surface area contributed by atoms with Crippen molar-refractivity contribution >= 4 is 23.5 Å². The van der Waals surface area contributed by atoms with Gasteiger partial charge >= 0.3 is 6.03 Å². The van der Waals surface area contributed by atoms with Crippen LogP contribution in [0, 0.1) is 5.82 Å². The monoisotopic (exact) mass is 516 g/mol. The number of carbonyl (C=O) groups excluding carboxylic acids is 3. The Morgan fingerprint density at radius 2 is 1.76 bits per heavy atom. The molecule has 0 saturated heterocycles. The van der Waals surface area contributed by atoms with Gasteiger partial charge in [0.15, 0.2) is 0 Å². The molecule has 0 aliphatic carbocycles. The molecule has 1 aliphatic heterocycles. The Kier molecular flexibility index (Phi) is 8.73. The quantitative estimate of drug-likeness (QED) is 0.406. The van der Waals surface area contributed by atoms with E-state index in [2.05, 4.69) is 16.0 Å². The van der Waals surface area contributed by atoms with Gasteiger partial charge in [-0.05, 0) is 65.8 Å². The highest BCUT2D eigenvalue weighted by molar-refractivity contribution is 6.00. The number of rotatable bonds is 8. The highest BCUT2D eigenvalue weighted by Crippen LogP contribution is 2.30. The number of nitrogens with zero attached hydrogens (tertiary/aromatic N) is 1. The summed E-state index contributed by atoms with van der Waals surface area (Å²) in [5.41, 5.74) is 5.29. The smallest absolute Gasteiger partial charge is 0.315 e. The molecule has 7 nitrogen and oxygen atoms in total. The number of hydrogen-bond donors (Lipinski definition) is 3. The first-order chi connectivity index (χ1) is 18.4. The maximum atomic E-state index is 14.0. The fraction of sp³-hybridized carbons (Fsp3) is 0.300. The van der Waals surface area contributed by atoms with Crippen LogP contribution in [0.4, 0.5) is 14.9 Å². The van der Waals surface area contributed by atoms with Crippen molar-refractivity contribution in [3.05, 3.63) is 89.2 Å². The molecule has 4 amide bonds. The second kappa shape index (κ2) is 12.4. The fourth-order valence-electron chi connectivity index (χ4n) is 4.67. The third kappa shape index (κ3) is 6.37. The van der Waals surface area contributed by atoms with Crippen molar-refractivity contribution in [3.8, 4) is 11.1 Å². The number of fused-ring (bicyclic) bond motifs is 1. The molecule has 0 unspecified atom stereocenters. The minimum atomic E-state index is -0.665. The topological polar surface area (TPSA) is 90.5 Å². The Labute approximate surface area is 222 Å². The van der Waals surface area contributed by atoms with Crippen molar-refractivity contribution in [1.82, 2.24) is 16.0 Å². The summed E-state index contributed by atoms with van der Waals surface area (Å²) in [5.74, 6) is -0.745. The average molecular weight is 517 g/mol. The molecule has 1 heterocycles. The summed E-state index contributed by atoms with van der Waals surface area (Å²) in [6, 6.07) is 19.4. The van der Waals surface area contributed by atoms with Gasteiger partial charge in [-0.15, -0.1) is 0 Å². The van der Waals surface area contributed by atoms with Crippen molar-refractivity contribution in [1.29, 1.82) is 0 Å². The second-order valence-corrected chi connectivity index (χ2v) is 9.28. The maximum absolute atomic E-state index is 14.0. The Balaban J connectivity index is 1.57. The number of hydrogen-bond acceptors (Lipinski definition) is 3. The van der Waals surface area contributed by atoms with E-state index in [0.29, 0.717) is 31.6 Å². The van der Waals surface area contributed by atoms with E-state index in [1.165, 1.54) is 12.1 Å². The summed E-state index contributed by atoms with van der Waals surface area (Å²) in [6.07, 6.45) is 1.19. The predicted molar refractivity (Wildman–Crippen MR) is 146 cm³/mol. The van der Waals surface area contributed by atoms with Crippen LogP contribution in [0.2, 0.25) is 0 Å². The van der Waals surface area contributed by atoms with Gasteiger partial charge in [-0.1, -0.05) is 55.5 Å². The molecule has 3 N–H and O–H groups in total. The molecule has 0 bridgehead atoms. The number of carbonyl (C=O) groups is 3. The molecule has 0 radical (unpaired) electrons. The molecule has 4 rings (SSSR count). The summed E-state index contributed by atoms with van der Waals surface area (Å²) in [6.45, 7) is 4.85. The molecular weight excluding hydrogens is 483 g/mol. The molecule has 0 fully saturated rings. The molecular formula is C30H33FN4O3. The number of aryl methyl sites for hydroxylation is 1. The van der Waals surface area contributed by atoms with E-state index in [9.17, 15) is 18.8 Å². The Morgan fingerprint density at radius 1 is 1.00 bits per heavy atom. The predicted octanol–water partition coefficient (Wildman–Crippen LogP) is 4.69. The van der Waals surface area contributed by atoms with Gasteiger partial charge in [0, 0.05) is 25.2 Å². The largest absolute Gasteiger partial charge is 0.344 e. The minimum absolute atomic E-state index is 0.190. The van der Waals surface area contributed by atoms with Crippen molar-refractivity contribution in [2.24, 2.45) is 0 Å². The van der Waals surface area contributed by atoms with Crippen LogP contribution < -0.4 is 20.9 Å². The minimum Gasteiger partial charge on any atom is -0.344 e. The Bertz CT molecular complexity index is 1310. The summed E-state index contributed by atoms with van der Waals surface area (Å²) in [5, 5.41) is 8.43. The van der Waals surface area contributed by atoms with Crippen LogP contribution in [-0.2, 0) is 29.1 Å². The second-order valence-electron chi connectivity index (χ2n) is 9.28. The number of urea groups is 1. The van der Waals surface area contributed by atoms with E-state index < -0.39 is 6.04 Å². The average Bonchev–Trinajstić information content (AvgIpc) is 3.04. The molecule has 0 aromatic heterocycles. The van der Waals surface area contributed by atoms with Crippen LogP contribution >= 0.6 is 0 Å². The van der Waals surface area contributed by atoms with E-state index in [4.69, 9.17) is 0 Å². The van der Waals surface area contributed by atoms with Crippen LogP contribution in [0.3, 0.4) is 0 Å². The summed E-state index contributed by atoms with van der Waals surface area (Å²) >= 11 is 0. The molecule has 3 aromatic rings. The van der Waals surface area contributed by atoms with Crippen molar-refractivity contribution in [3.63, 3.8) is 0 Å². The first kappa shape index (κ1) is 26.9. The highest BCUT2D eigenvalue weighted by Gasteiger charge is 2.31. The number of benzene rings is 3. The van der Waals surface area contributed by atoms with Gasteiger partial charge in [0.2, 0.25) is 11.8 Å². The van der Waals surface area contributed by atoms with Crippen molar-refractivity contribution in [2.75, 3.05) is 11.4 Å². The third-order valence-corrected chi connectivity index (χ3v) is 6.65. The van der Waals surface area contributed by atoms with Crippen molar-refractivity contribution < 1.29 is 18.8 Å². The van der Waals surface area contributed by atoms with Crippen molar-refractivity contribution in [2.45, 2.75) is 52.2 Å². The van der Waals surface area contributed by atoms with Gasteiger partial charge in [-0.2, -0.15) is 0 Å². The van der Waals surface area contributed by atoms with Crippen LogP contribution in [0.15, 0.2) is 66.7 Å². The zero-order chi connectivity index (χ0) is 27.1. The molecule has 3 aromatic carbocycles. The van der Waals surface area contributed by atoms with E-state index in [0.717, 1.165) is 27.8 Å². The SMILES string of the molecule is CCNC(=O)NCc1ccccc1-c1ccc(CN2C(=O)[C@H](NC(=O)CC)CCc3cc(F)ccc32)cc1. The van der Waals surface area contributed by atoms with E-state index >= 15 is 0 Å². The Morgan fingerprint density at radius 3 is 2.50 bits per heavy atom. The first-order valence-corrected chi connectivity index (χ1v) is 13.0. The van der Waals surface area contributed by atoms with Crippen LogP contribution in [0.25, 0.3) is 11.1 Å². The summed E-state index contributed by atoms with van der Waals surface area (Å²) in [7, 11) is 0. The lowest BCUT2D eigenvalue weighted by molar-refractivity contribution is -0.127. The summed E-state index contributed by atoms with van der Waals surface area (Å²) < 4.78 is 14.0. The van der Waals surface area contributed by atoms with Crippen LogP contribution in [-0.4, -0.2) is 30.4 Å². The molecule has 198 valence electrons. The van der Waals surface area contributed by atoms with Crippen LogP contribution in [0.5, 0.6) is 0 Å². The number of anilines is 1. The molecule has 0 saturated carbocycles. The standard InChI is InChI=1S/C30H33FN4O3/c1-3-28(36)34-26-15-13-22-17-24(31)14-16-27(22)35(29(26)37)19-20-9-11-21(12-10-20)25-8-6-5-7-23(25)18-33-30(38)32-4-2/h5-12,14,16-17,26H,3-4,13,15,18-19H2,1-2H3,(H,34,36)(H2,32,33,38)/t26-/m1/s1. The fourth-order valence-corrected chi connectivity index (χ4v) is 4.67. The third-order valence-electron chi connectivity index (χ3n) is 6.65. The molecule has 0 spiro atoms. The molecule has 1 atom stereocenters. The zero-order valence-electron chi connectivity index (χ0n) is 21.7. The van der Waals surface area contributed by atoms with Gasteiger partial charge in [-0.3, -0.25) is 9.59 Å². The number of nitrogens with one attached hydrogen (secondary N) is 3. The molecule has 8 heteroatoms. The molecule has 1 aliphatic rings.